The van der Waals surface area contributed by atoms with Crippen molar-refractivity contribution in [2.75, 3.05) is 6.61 Å². The van der Waals surface area contributed by atoms with E-state index in [4.69, 9.17) is 27.9 Å². The summed E-state index contributed by atoms with van der Waals surface area (Å²) in [5.41, 5.74) is 5.29. The van der Waals surface area contributed by atoms with Crippen LogP contribution < -0.4 is 15.6 Å². The van der Waals surface area contributed by atoms with Gasteiger partial charge in [-0.25, -0.2) is 0 Å². The predicted molar refractivity (Wildman–Crippen MR) is 105 cm³/mol. The fourth-order valence-electron chi connectivity index (χ4n) is 2.01. The summed E-state index contributed by atoms with van der Waals surface area (Å²) in [7, 11) is 0. The van der Waals surface area contributed by atoms with E-state index in [-0.39, 0.29) is 17.3 Å². The van der Waals surface area contributed by atoms with E-state index in [2.05, 4.69) is 10.9 Å². The first-order chi connectivity index (χ1) is 13.3. The Bertz CT molecular complexity index is 947. The fraction of sp³-hybridized carbons (Fsp3) is 0.111. The molecule has 0 bridgehead atoms. The van der Waals surface area contributed by atoms with Gasteiger partial charge < -0.3 is 4.74 Å². The van der Waals surface area contributed by atoms with Crippen molar-refractivity contribution < 1.29 is 19.2 Å². The van der Waals surface area contributed by atoms with Crippen LogP contribution in [0.4, 0.5) is 5.69 Å². The zero-order valence-corrected chi connectivity index (χ0v) is 16.1. The summed E-state index contributed by atoms with van der Waals surface area (Å²) < 4.78 is 5.30. The summed E-state index contributed by atoms with van der Waals surface area (Å²) in [5.74, 6) is -0.739. The lowest BCUT2D eigenvalue weighted by atomic mass is 10.2. The zero-order valence-electron chi connectivity index (χ0n) is 14.6. The third-order valence-electron chi connectivity index (χ3n) is 3.42. The van der Waals surface area contributed by atoms with Crippen LogP contribution in [0.1, 0.15) is 11.1 Å². The fourth-order valence-corrected chi connectivity index (χ4v) is 2.31. The molecule has 2 rings (SSSR count). The molecule has 8 nitrogen and oxygen atoms in total. The SMILES string of the molecule is Cc1cc(OCC(=O)NNC(=O)/C=C/c2ccc(Cl)c([N+](=O)[O-])c2)ccc1Cl. The lowest BCUT2D eigenvalue weighted by Crippen LogP contribution is -2.43. The van der Waals surface area contributed by atoms with Gasteiger partial charge in [-0.15, -0.1) is 0 Å². The number of rotatable bonds is 6. The van der Waals surface area contributed by atoms with Crippen LogP contribution in [0.5, 0.6) is 5.75 Å². The second kappa shape index (κ2) is 9.72. The van der Waals surface area contributed by atoms with E-state index < -0.39 is 16.7 Å². The summed E-state index contributed by atoms with van der Waals surface area (Å²) >= 11 is 11.6. The molecule has 2 N–H and O–H groups in total. The molecule has 0 radical (unpaired) electrons. The van der Waals surface area contributed by atoms with Crippen molar-refractivity contribution in [3.8, 4) is 5.75 Å². The number of hydrazine groups is 1. The van der Waals surface area contributed by atoms with Crippen LogP contribution in [0.25, 0.3) is 6.08 Å². The third kappa shape index (κ3) is 6.26. The van der Waals surface area contributed by atoms with E-state index >= 15 is 0 Å². The van der Waals surface area contributed by atoms with Crippen LogP contribution in [0.15, 0.2) is 42.5 Å². The number of hydrogen-bond donors (Lipinski definition) is 2. The molecule has 0 unspecified atom stereocenters. The number of halogens is 2. The normalized spacial score (nSPS) is 10.5. The number of nitro groups is 1. The molecule has 2 amide bonds. The van der Waals surface area contributed by atoms with Gasteiger partial charge >= 0.3 is 0 Å². The first-order valence-electron chi connectivity index (χ1n) is 7.86. The van der Waals surface area contributed by atoms with Gasteiger partial charge in [0.25, 0.3) is 17.5 Å². The lowest BCUT2D eigenvalue weighted by molar-refractivity contribution is -0.384. The largest absolute Gasteiger partial charge is 0.484 e. The van der Waals surface area contributed by atoms with E-state index in [0.29, 0.717) is 16.3 Å². The molecule has 0 atom stereocenters. The molecule has 28 heavy (non-hydrogen) atoms. The number of nitrogens with zero attached hydrogens (tertiary/aromatic N) is 1. The Labute approximate surface area is 170 Å². The van der Waals surface area contributed by atoms with Gasteiger partial charge in [0.1, 0.15) is 10.8 Å². The van der Waals surface area contributed by atoms with Crippen molar-refractivity contribution in [2.24, 2.45) is 0 Å². The van der Waals surface area contributed by atoms with Crippen molar-refractivity contribution >= 4 is 46.8 Å². The van der Waals surface area contributed by atoms with Crippen molar-refractivity contribution in [1.82, 2.24) is 10.9 Å². The Hall–Kier alpha value is -3.10. The minimum absolute atomic E-state index is 0.00486. The molecule has 0 fully saturated rings. The van der Waals surface area contributed by atoms with Crippen LogP contribution in [0.3, 0.4) is 0 Å². The van der Waals surface area contributed by atoms with Crippen molar-refractivity contribution in [1.29, 1.82) is 0 Å². The molecule has 2 aromatic carbocycles. The molecule has 0 saturated carbocycles. The number of benzene rings is 2. The summed E-state index contributed by atoms with van der Waals surface area (Å²) in [6.07, 6.45) is 2.45. The topological polar surface area (TPSA) is 111 Å². The van der Waals surface area contributed by atoms with Crippen LogP contribution >= 0.6 is 23.2 Å². The van der Waals surface area contributed by atoms with E-state index in [9.17, 15) is 19.7 Å². The molecule has 10 heteroatoms. The molecule has 146 valence electrons. The maximum absolute atomic E-state index is 11.7. The van der Waals surface area contributed by atoms with Gasteiger partial charge in [0.15, 0.2) is 6.61 Å². The van der Waals surface area contributed by atoms with Crippen LogP contribution in [0.2, 0.25) is 10.0 Å². The smallest absolute Gasteiger partial charge is 0.288 e. The van der Waals surface area contributed by atoms with Crippen molar-refractivity contribution in [2.45, 2.75) is 6.92 Å². The molecule has 0 spiro atoms. The first-order valence-corrected chi connectivity index (χ1v) is 8.61. The minimum Gasteiger partial charge on any atom is -0.484 e. The van der Waals surface area contributed by atoms with Crippen LogP contribution in [0, 0.1) is 17.0 Å². The highest BCUT2D eigenvalue weighted by Gasteiger charge is 2.11. The van der Waals surface area contributed by atoms with Crippen molar-refractivity contribution in [3.63, 3.8) is 0 Å². The predicted octanol–water partition coefficient (Wildman–Crippen LogP) is 3.45. The Kier molecular flexibility index (Phi) is 7.36. The number of ether oxygens (including phenoxy) is 1. The van der Waals surface area contributed by atoms with Crippen LogP contribution in [-0.2, 0) is 9.59 Å². The zero-order chi connectivity index (χ0) is 20.7. The monoisotopic (exact) mass is 423 g/mol. The molecule has 0 aliphatic rings. The maximum Gasteiger partial charge on any atom is 0.288 e. The van der Waals surface area contributed by atoms with Crippen molar-refractivity contribution in [3.05, 3.63) is 73.8 Å². The molecular weight excluding hydrogens is 409 g/mol. The Morgan fingerprint density at radius 1 is 1.14 bits per heavy atom. The average molecular weight is 424 g/mol. The molecule has 0 saturated heterocycles. The van der Waals surface area contributed by atoms with Crippen LogP contribution in [-0.4, -0.2) is 23.3 Å². The van der Waals surface area contributed by atoms with Gasteiger partial charge in [-0.3, -0.25) is 30.6 Å². The van der Waals surface area contributed by atoms with Gasteiger partial charge in [-0.1, -0.05) is 29.3 Å². The standard InChI is InChI=1S/C18H15Cl2N3O5/c1-11-8-13(4-6-14(11)19)28-10-18(25)22-21-17(24)7-3-12-2-5-15(20)16(9-12)23(26)27/h2-9H,10H2,1H3,(H,21,24)(H,22,25)/b7-3+. The Morgan fingerprint density at radius 3 is 2.54 bits per heavy atom. The second-order valence-electron chi connectivity index (χ2n) is 5.54. The molecule has 0 heterocycles. The molecule has 2 aromatic rings. The number of nitro benzene ring substituents is 1. The van der Waals surface area contributed by atoms with E-state index in [1.54, 1.807) is 25.1 Å². The summed E-state index contributed by atoms with van der Waals surface area (Å²) in [6.45, 7) is 1.49. The van der Waals surface area contributed by atoms with Gasteiger partial charge in [0.2, 0.25) is 0 Å². The number of hydrogen-bond acceptors (Lipinski definition) is 5. The maximum atomic E-state index is 11.7. The molecule has 0 aliphatic carbocycles. The number of amides is 2. The number of carbonyl (C=O) groups is 2. The molecular formula is C18H15Cl2N3O5. The number of nitrogens with one attached hydrogen (secondary N) is 2. The number of carbonyl (C=O) groups excluding carboxylic acids is 2. The first kappa shape index (κ1) is 21.2. The summed E-state index contributed by atoms with van der Waals surface area (Å²) in [5, 5.41) is 11.4. The molecule has 0 aliphatic heterocycles. The average Bonchev–Trinajstić information content (AvgIpc) is 2.66. The summed E-state index contributed by atoms with van der Waals surface area (Å²) in [4.78, 5) is 33.7. The minimum atomic E-state index is -0.631. The van der Waals surface area contributed by atoms with E-state index in [1.165, 1.54) is 24.3 Å². The van der Waals surface area contributed by atoms with Gasteiger partial charge in [-0.2, -0.15) is 0 Å². The quantitative estimate of drug-likeness (QED) is 0.419. The summed E-state index contributed by atoms with van der Waals surface area (Å²) in [6, 6.07) is 9.05. The van der Waals surface area contributed by atoms with Gasteiger partial charge in [0, 0.05) is 17.2 Å². The third-order valence-corrected chi connectivity index (χ3v) is 4.16. The Morgan fingerprint density at radius 2 is 1.86 bits per heavy atom. The highest BCUT2D eigenvalue weighted by molar-refractivity contribution is 6.32. The number of aryl methyl sites for hydroxylation is 1. The molecule has 0 aromatic heterocycles. The Balaban J connectivity index is 1.82. The lowest BCUT2D eigenvalue weighted by Gasteiger charge is -2.08. The van der Waals surface area contributed by atoms with Gasteiger partial charge in [-0.05, 0) is 48.4 Å². The second-order valence-corrected chi connectivity index (χ2v) is 6.35. The highest BCUT2D eigenvalue weighted by atomic mass is 35.5. The van der Waals surface area contributed by atoms with E-state index in [0.717, 1.165) is 11.6 Å². The highest BCUT2D eigenvalue weighted by Crippen LogP contribution is 2.25. The van der Waals surface area contributed by atoms with E-state index in [1.807, 2.05) is 0 Å². The van der Waals surface area contributed by atoms with Gasteiger partial charge in [0.05, 0.1) is 4.92 Å².